The third-order valence-corrected chi connectivity index (χ3v) is 4.95. The second-order valence-electron chi connectivity index (χ2n) is 6.54. The highest BCUT2D eigenvalue weighted by Gasteiger charge is 2.07. The Hall–Kier alpha value is -2.40. The molecule has 0 aliphatic rings. The number of rotatable bonds is 7. The van der Waals surface area contributed by atoms with Crippen molar-refractivity contribution in [3.05, 3.63) is 54.2 Å². The molecule has 1 aromatic carbocycles. The third kappa shape index (κ3) is 5.30. The van der Waals surface area contributed by atoms with Gasteiger partial charge in [-0.3, -0.25) is 9.78 Å². The molecule has 0 radical (unpaired) electrons. The second kappa shape index (κ2) is 9.00. The number of hydrogen-bond donors (Lipinski definition) is 0. The summed E-state index contributed by atoms with van der Waals surface area (Å²) < 4.78 is 4.97. The molecule has 0 bridgehead atoms. The van der Waals surface area contributed by atoms with Gasteiger partial charge in [-0.25, -0.2) is 4.98 Å². The van der Waals surface area contributed by atoms with Gasteiger partial charge in [0.05, 0.1) is 29.3 Å². The lowest BCUT2D eigenvalue weighted by Crippen LogP contribution is -2.05. The van der Waals surface area contributed by atoms with Crippen LogP contribution in [0.2, 0.25) is 0 Å². The molecular formula is C22H24N2O2S. The van der Waals surface area contributed by atoms with E-state index in [1.165, 1.54) is 0 Å². The summed E-state index contributed by atoms with van der Waals surface area (Å²) in [5, 5.41) is 2.60. The van der Waals surface area contributed by atoms with Gasteiger partial charge in [-0.2, -0.15) is 0 Å². The molecule has 2 aromatic heterocycles. The van der Waals surface area contributed by atoms with Gasteiger partial charge < -0.3 is 4.74 Å². The highest BCUT2D eigenvalue weighted by molar-refractivity contribution is 7.99. The highest BCUT2D eigenvalue weighted by Crippen LogP contribution is 2.26. The molecule has 2 heterocycles. The fraction of sp³-hybridized carbons (Fsp3) is 0.318. The first-order valence-corrected chi connectivity index (χ1v) is 10.1. The van der Waals surface area contributed by atoms with Crippen molar-refractivity contribution in [2.75, 3.05) is 6.61 Å². The highest BCUT2D eigenvalue weighted by atomic mass is 32.2. The van der Waals surface area contributed by atoms with Crippen LogP contribution in [0.3, 0.4) is 0 Å². The SMILES string of the molecule is CCOC(=O)CCc1ccc2cc(-c3cccc(SC(C)C)n3)ccc2n1. The lowest BCUT2D eigenvalue weighted by molar-refractivity contribution is -0.143. The number of pyridine rings is 2. The molecular weight excluding hydrogens is 356 g/mol. The fourth-order valence-corrected chi connectivity index (χ4v) is 3.60. The molecule has 0 aliphatic heterocycles. The maximum absolute atomic E-state index is 11.5. The smallest absolute Gasteiger partial charge is 0.306 e. The first-order chi connectivity index (χ1) is 13.0. The van der Waals surface area contributed by atoms with Crippen molar-refractivity contribution >= 4 is 28.6 Å². The van der Waals surface area contributed by atoms with Crippen molar-refractivity contribution in [3.63, 3.8) is 0 Å². The lowest BCUT2D eigenvalue weighted by atomic mass is 10.1. The van der Waals surface area contributed by atoms with E-state index >= 15 is 0 Å². The van der Waals surface area contributed by atoms with Gasteiger partial charge in [0.1, 0.15) is 0 Å². The molecule has 0 aliphatic carbocycles. The molecule has 0 saturated heterocycles. The number of carbonyl (C=O) groups excluding carboxylic acids is 1. The molecule has 0 amide bonds. The van der Waals surface area contributed by atoms with Crippen molar-refractivity contribution in [2.45, 2.75) is 43.9 Å². The number of fused-ring (bicyclic) bond motifs is 1. The summed E-state index contributed by atoms with van der Waals surface area (Å²) in [5.41, 5.74) is 3.87. The Labute approximate surface area is 164 Å². The average molecular weight is 381 g/mol. The number of ether oxygens (including phenoxy) is 1. The van der Waals surface area contributed by atoms with Gasteiger partial charge in [0, 0.05) is 28.3 Å². The standard InChI is InChI=1S/C22H24N2O2S/c1-4-26-22(25)13-11-18-10-8-16-14-17(9-12-20(16)23-18)19-6-5-7-21(24-19)27-15(2)3/h5-10,12,14-15H,4,11,13H2,1-3H3. The first-order valence-electron chi connectivity index (χ1n) is 9.24. The molecule has 0 saturated carbocycles. The van der Waals surface area contributed by atoms with Crippen LogP contribution in [0.15, 0.2) is 53.6 Å². The number of nitrogens with zero attached hydrogens (tertiary/aromatic N) is 2. The molecule has 0 atom stereocenters. The molecule has 0 unspecified atom stereocenters. The minimum Gasteiger partial charge on any atom is -0.466 e. The van der Waals surface area contributed by atoms with Gasteiger partial charge in [-0.1, -0.05) is 32.0 Å². The van der Waals surface area contributed by atoms with Gasteiger partial charge in [-0.05, 0) is 37.3 Å². The molecule has 5 heteroatoms. The fourth-order valence-electron chi connectivity index (χ4n) is 2.81. The minimum absolute atomic E-state index is 0.181. The maximum Gasteiger partial charge on any atom is 0.306 e. The molecule has 0 N–H and O–H groups in total. The Kier molecular flexibility index (Phi) is 6.45. The van der Waals surface area contributed by atoms with Crippen LogP contribution in [-0.4, -0.2) is 27.8 Å². The van der Waals surface area contributed by atoms with E-state index in [0.29, 0.717) is 24.7 Å². The predicted octanol–water partition coefficient (Wildman–Crippen LogP) is 5.29. The summed E-state index contributed by atoms with van der Waals surface area (Å²) in [6.07, 6.45) is 0.946. The summed E-state index contributed by atoms with van der Waals surface area (Å²) in [6.45, 7) is 6.56. The van der Waals surface area contributed by atoms with Crippen molar-refractivity contribution in [2.24, 2.45) is 0 Å². The topological polar surface area (TPSA) is 52.1 Å². The minimum atomic E-state index is -0.181. The van der Waals surface area contributed by atoms with E-state index in [9.17, 15) is 4.79 Å². The quantitative estimate of drug-likeness (QED) is 0.412. The van der Waals surface area contributed by atoms with E-state index in [4.69, 9.17) is 9.72 Å². The number of esters is 1. The largest absolute Gasteiger partial charge is 0.466 e. The maximum atomic E-state index is 11.5. The van der Waals surface area contributed by atoms with Crippen molar-refractivity contribution in [1.82, 2.24) is 9.97 Å². The molecule has 0 fully saturated rings. The van der Waals surface area contributed by atoms with Crippen LogP contribution in [0.4, 0.5) is 0 Å². The molecule has 140 valence electrons. The van der Waals surface area contributed by atoms with Crippen molar-refractivity contribution in [1.29, 1.82) is 0 Å². The van der Waals surface area contributed by atoms with Crippen molar-refractivity contribution in [3.8, 4) is 11.3 Å². The molecule has 3 aromatic rings. The molecule has 3 rings (SSSR count). The third-order valence-electron chi connectivity index (χ3n) is 4.01. The molecule has 27 heavy (non-hydrogen) atoms. The predicted molar refractivity (Wildman–Crippen MR) is 111 cm³/mol. The number of carbonyl (C=O) groups is 1. The Bertz CT molecular complexity index is 940. The summed E-state index contributed by atoms with van der Waals surface area (Å²) >= 11 is 1.76. The van der Waals surface area contributed by atoms with Crippen molar-refractivity contribution < 1.29 is 9.53 Å². The lowest BCUT2D eigenvalue weighted by Gasteiger charge is -2.08. The van der Waals surface area contributed by atoms with Gasteiger partial charge in [-0.15, -0.1) is 11.8 Å². The average Bonchev–Trinajstić information content (AvgIpc) is 2.66. The normalized spacial score (nSPS) is 11.1. The van der Waals surface area contributed by atoms with Crippen LogP contribution >= 0.6 is 11.8 Å². The van der Waals surface area contributed by atoms with Crippen LogP contribution < -0.4 is 0 Å². The summed E-state index contributed by atoms with van der Waals surface area (Å²) in [7, 11) is 0. The number of benzene rings is 1. The zero-order valence-corrected chi connectivity index (χ0v) is 16.8. The van der Waals surface area contributed by atoms with E-state index < -0.39 is 0 Å². The van der Waals surface area contributed by atoms with Crippen LogP contribution in [0.5, 0.6) is 0 Å². The monoisotopic (exact) mass is 380 g/mol. The number of aryl methyl sites for hydroxylation is 1. The zero-order chi connectivity index (χ0) is 19.2. The van der Waals surface area contributed by atoms with E-state index in [1.54, 1.807) is 11.8 Å². The van der Waals surface area contributed by atoms with Crippen LogP contribution in [0, 0.1) is 0 Å². The Morgan fingerprint density at radius 2 is 1.96 bits per heavy atom. The summed E-state index contributed by atoms with van der Waals surface area (Å²) in [5.74, 6) is -0.181. The van der Waals surface area contributed by atoms with Gasteiger partial charge in [0.25, 0.3) is 0 Å². The first kappa shape index (κ1) is 19.4. The van der Waals surface area contributed by atoms with E-state index in [-0.39, 0.29) is 5.97 Å². The van der Waals surface area contributed by atoms with Gasteiger partial charge >= 0.3 is 5.97 Å². The zero-order valence-electron chi connectivity index (χ0n) is 15.9. The molecule has 4 nitrogen and oxygen atoms in total. The number of aromatic nitrogens is 2. The second-order valence-corrected chi connectivity index (χ2v) is 8.14. The Morgan fingerprint density at radius 3 is 2.74 bits per heavy atom. The van der Waals surface area contributed by atoms with Crippen LogP contribution in [0.25, 0.3) is 22.2 Å². The van der Waals surface area contributed by atoms with E-state index in [1.807, 2.05) is 37.3 Å². The van der Waals surface area contributed by atoms with Crippen LogP contribution in [-0.2, 0) is 16.0 Å². The summed E-state index contributed by atoms with van der Waals surface area (Å²) in [6, 6.07) is 16.3. The summed E-state index contributed by atoms with van der Waals surface area (Å²) in [4.78, 5) is 20.9. The Morgan fingerprint density at radius 1 is 1.11 bits per heavy atom. The Balaban J connectivity index is 1.80. The number of hydrogen-bond acceptors (Lipinski definition) is 5. The van der Waals surface area contributed by atoms with E-state index in [0.717, 1.165) is 32.9 Å². The molecule has 0 spiro atoms. The van der Waals surface area contributed by atoms with E-state index in [2.05, 4.69) is 37.0 Å². The van der Waals surface area contributed by atoms with Gasteiger partial charge in [0.15, 0.2) is 0 Å². The van der Waals surface area contributed by atoms with Crippen LogP contribution in [0.1, 0.15) is 32.9 Å². The number of thioether (sulfide) groups is 1. The van der Waals surface area contributed by atoms with Gasteiger partial charge in [0.2, 0.25) is 0 Å².